The standard InChI is InChI=1S/C18H21ClN6O.HI/c1-2-20-18(21-10-12-26-15-8-6-14(19)7-9-15)22-13-17-24-23-16-5-3-4-11-25(16)17;/h3-9,11H,2,10,12-13H2,1H3,(H2,20,21,22);1H. The van der Waals surface area contributed by atoms with Gasteiger partial charge in [-0.25, -0.2) is 4.99 Å². The lowest BCUT2D eigenvalue weighted by Crippen LogP contribution is -2.39. The van der Waals surface area contributed by atoms with Crippen LogP contribution in [-0.4, -0.2) is 40.3 Å². The number of hydrogen-bond donors (Lipinski definition) is 2. The van der Waals surface area contributed by atoms with Crippen LogP contribution >= 0.6 is 35.6 Å². The summed E-state index contributed by atoms with van der Waals surface area (Å²) in [7, 11) is 0. The summed E-state index contributed by atoms with van der Waals surface area (Å²) >= 11 is 5.86. The van der Waals surface area contributed by atoms with E-state index in [0.29, 0.717) is 30.7 Å². The maximum atomic E-state index is 5.86. The molecule has 2 heterocycles. The van der Waals surface area contributed by atoms with Crippen molar-refractivity contribution in [2.45, 2.75) is 13.5 Å². The van der Waals surface area contributed by atoms with E-state index in [1.807, 2.05) is 47.9 Å². The molecule has 0 aliphatic carbocycles. The van der Waals surface area contributed by atoms with Gasteiger partial charge in [-0.1, -0.05) is 17.7 Å². The highest BCUT2D eigenvalue weighted by Crippen LogP contribution is 2.15. The lowest BCUT2D eigenvalue weighted by molar-refractivity contribution is 0.322. The van der Waals surface area contributed by atoms with Gasteiger partial charge < -0.3 is 15.4 Å². The Balaban J connectivity index is 0.00000261. The predicted molar refractivity (Wildman–Crippen MR) is 118 cm³/mol. The van der Waals surface area contributed by atoms with Crippen molar-refractivity contribution in [1.29, 1.82) is 0 Å². The van der Waals surface area contributed by atoms with E-state index in [9.17, 15) is 0 Å². The lowest BCUT2D eigenvalue weighted by Gasteiger charge is -2.12. The van der Waals surface area contributed by atoms with Gasteiger partial charge in [0.2, 0.25) is 0 Å². The molecule has 0 saturated carbocycles. The van der Waals surface area contributed by atoms with E-state index in [1.54, 1.807) is 12.1 Å². The first-order chi connectivity index (χ1) is 12.8. The first kappa shape index (κ1) is 21.2. The molecule has 2 aromatic heterocycles. The van der Waals surface area contributed by atoms with E-state index in [4.69, 9.17) is 16.3 Å². The van der Waals surface area contributed by atoms with Crippen LogP contribution in [0.25, 0.3) is 5.65 Å². The minimum atomic E-state index is 0. The molecule has 144 valence electrons. The monoisotopic (exact) mass is 500 g/mol. The van der Waals surface area contributed by atoms with Gasteiger partial charge in [0.25, 0.3) is 0 Å². The van der Waals surface area contributed by atoms with Crippen LogP contribution in [-0.2, 0) is 6.54 Å². The zero-order valence-corrected chi connectivity index (χ0v) is 18.0. The van der Waals surface area contributed by atoms with Crippen molar-refractivity contribution in [3.05, 3.63) is 59.5 Å². The first-order valence-electron chi connectivity index (χ1n) is 8.45. The van der Waals surface area contributed by atoms with Crippen LogP contribution in [0.3, 0.4) is 0 Å². The molecule has 7 nitrogen and oxygen atoms in total. The summed E-state index contributed by atoms with van der Waals surface area (Å²) in [5.41, 5.74) is 0.812. The van der Waals surface area contributed by atoms with E-state index in [0.717, 1.165) is 23.8 Å². The van der Waals surface area contributed by atoms with Gasteiger partial charge in [0.15, 0.2) is 17.4 Å². The SMILES string of the molecule is CCNC(=NCc1nnc2ccccn12)NCCOc1ccc(Cl)cc1.I. The minimum Gasteiger partial charge on any atom is -0.492 e. The molecule has 0 aliphatic heterocycles. The Hall–Kier alpha value is -2.07. The summed E-state index contributed by atoms with van der Waals surface area (Å²) < 4.78 is 7.59. The zero-order valence-electron chi connectivity index (χ0n) is 14.9. The van der Waals surface area contributed by atoms with Crippen LogP contribution in [0.1, 0.15) is 12.7 Å². The van der Waals surface area contributed by atoms with E-state index < -0.39 is 0 Å². The fourth-order valence-corrected chi connectivity index (χ4v) is 2.49. The summed E-state index contributed by atoms with van der Waals surface area (Å²) in [5.74, 6) is 2.28. The molecule has 3 aromatic rings. The number of guanidine groups is 1. The number of nitrogens with one attached hydrogen (secondary N) is 2. The summed E-state index contributed by atoms with van der Waals surface area (Å²) in [6.07, 6.45) is 1.93. The number of rotatable bonds is 7. The Morgan fingerprint density at radius 3 is 2.74 bits per heavy atom. The van der Waals surface area contributed by atoms with Crippen LogP contribution in [0.5, 0.6) is 5.75 Å². The average Bonchev–Trinajstić information content (AvgIpc) is 3.08. The third kappa shape index (κ3) is 6.24. The minimum absolute atomic E-state index is 0. The van der Waals surface area contributed by atoms with Crippen LogP contribution < -0.4 is 15.4 Å². The highest BCUT2D eigenvalue weighted by molar-refractivity contribution is 14.0. The molecule has 9 heteroatoms. The molecule has 0 spiro atoms. The normalized spacial score (nSPS) is 11.1. The molecule has 2 N–H and O–H groups in total. The number of pyridine rings is 1. The van der Waals surface area contributed by atoms with Crippen molar-refractivity contribution in [3.63, 3.8) is 0 Å². The van der Waals surface area contributed by atoms with E-state index in [2.05, 4.69) is 25.8 Å². The molecule has 0 aliphatic rings. The van der Waals surface area contributed by atoms with Gasteiger partial charge in [-0.2, -0.15) is 0 Å². The Kier molecular flexibility index (Phi) is 8.59. The van der Waals surface area contributed by atoms with Crippen molar-refractivity contribution in [3.8, 4) is 5.75 Å². The second-order valence-electron chi connectivity index (χ2n) is 5.47. The molecule has 0 amide bonds. The van der Waals surface area contributed by atoms with Gasteiger partial charge in [0.05, 0.1) is 6.54 Å². The number of nitrogens with zero attached hydrogens (tertiary/aromatic N) is 4. The first-order valence-corrected chi connectivity index (χ1v) is 8.83. The van der Waals surface area contributed by atoms with Gasteiger partial charge in [-0.3, -0.25) is 4.40 Å². The molecule has 0 atom stereocenters. The Morgan fingerprint density at radius 2 is 1.96 bits per heavy atom. The number of halogens is 2. The zero-order chi connectivity index (χ0) is 18.2. The van der Waals surface area contributed by atoms with Crippen LogP contribution in [0.2, 0.25) is 5.02 Å². The molecule has 27 heavy (non-hydrogen) atoms. The molecule has 0 unspecified atom stereocenters. The second-order valence-corrected chi connectivity index (χ2v) is 5.91. The van der Waals surface area contributed by atoms with Gasteiger partial charge >= 0.3 is 0 Å². The van der Waals surface area contributed by atoms with Gasteiger partial charge in [0, 0.05) is 17.8 Å². The summed E-state index contributed by atoms with van der Waals surface area (Å²) in [5, 5.41) is 15.5. The molecule has 0 bridgehead atoms. The third-order valence-corrected chi connectivity index (χ3v) is 3.84. The summed E-state index contributed by atoms with van der Waals surface area (Å²) in [6, 6.07) is 13.1. The van der Waals surface area contributed by atoms with Crippen molar-refractivity contribution in [1.82, 2.24) is 25.2 Å². The number of ether oxygens (including phenoxy) is 1. The number of aromatic nitrogens is 3. The van der Waals surface area contributed by atoms with Crippen LogP contribution in [0.15, 0.2) is 53.7 Å². The van der Waals surface area contributed by atoms with Crippen LogP contribution in [0, 0.1) is 0 Å². The topological polar surface area (TPSA) is 75.8 Å². The maximum absolute atomic E-state index is 5.86. The van der Waals surface area contributed by atoms with Gasteiger partial charge in [-0.15, -0.1) is 34.2 Å². The summed E-state index contributed by atoms with van der Waals surface area (Å²) in [4.78, 5) is 4.56. The Morgan fingerprint density at radius 1 is 1.15 bits per heavy atom. The molecule has 1 aromatic carbocycles. The fourth-order valence-electron chi connectivity index (χ4n) is 2.36. The number of fused-ring (bicyclic) bond motifs is 1. The molecule has 0 saturated heterocycles. The van der Waals surface area contributed by atoms with E-state index in [-0.39, 0.29) is 24.0 Å². The second kappa shape index (κ2) is 10.9. The quantitative estimate of drug-likeness (QED) is 0.226. The molecule has 0 radical (unpaired) electrons. The molecule has 3 rings (SSSR count). The van der Waals surface area contributed by atoms with Crippen molar-refractivity contribution >= 4 is 47.2 Å². The average molecular weight is 501 g/mol. The number of hydrogen-bond acceptors (Lipinski definition) is 4. The maximum Gasteiger partial charge on any atom is 0.191 e. The highest BCUT2D eigenvalue weighted by Gasteiger charge is 2.04. The van der Waals surface area contributed by atoms with Crippen LogP contribution in [0.4, 0.5) is 0 Å². The van der Waals surface area contributed by atoms with E-state index >= 15 is 0 Å². The van der Waals surface area contributed by atoms with E-state index in [1.165, 1.54) is 0 Å². The molecular weight excluding hydrogens is 479 g/mol. The lowest BCUT2D eigenvalue weighted by atomic mass is 10.3. The highest BCUT2D eigenvalue weighted by atomic mass is 127. The fraction of sp³-hybridized carbons (Fsp3) is 0.278. The smallest absolute Gasteiger partial charge is 0.191 e. The predicted octanol–water partition coefficient (Wildman–Crippen LogP) is 3.13. The largest absolute Gasteiger partial charge is 0.492 e. The summed E-state index contributed by atoms with van der Waals surface area (Å²) in [6.45, 7) is 4.35. The number of benzene rings is 1. The van der Waals surface area contributed by atoms with Crippen molar-refractivity contribution in [2.75, 3.05) is 19.7 Å². The van der Waals surface area contributed by atoms with Gasteiger partial charge in [-0.05, 0) is 43.3 Å². The molecule has 0 fully saturated rings. The van der Waals surface area contributed by atoms with Gasteiger partial charge in [0.1, 0.15) is 18.9 Å². The Labute approximate surface area is 180 Å². The number of aliphatic imine (C=N–C) groups is 1. The Bertz CT molecular complexity index is 868. The van der Waals surface area contributed by atoms with Crippen molar-refractivity contribution < 1.29 is 4.74 Å². The molecular formula is C18H22ClIN6O. The van der Waals surface area contributed by atoms with Crippen molar-refractivity contribution in [2.24, 2.45) is 4.99 Å². The third-order valence-electron chi connectivity index (χ3n) is 3.58.